The van der Waals surface area contributed by atoms with Crippen LogP contribution >= 0.6 is 0 Å². The minimum Gasteiger partial charge on any atom is -0.504 e. The minimum absolute atomic E-state index is 0.171. The summed E-state index contributed by atoms with van der Waals surface area (Å²) in [5.41, 5.74) is 2.69. The maximum atomic E-state index is 12.3. The van der Waals surface area contributed by atoms with Crippen molar-refractivity contribution in [2.24, 2.45) is 0 Å². The van der Waals surface area contributed by atoms with Crippen LogP contribution in [0.5, 0.6) is 11.5 Å². The van der Waals surface area contributed by atoms with Gasteiger partial charge in [0.2, 0.25) is 0 Å². The summed E-state index contributed by atoms with van der Waals surface area (Å²) in [5, 5.41) is 13.2. The van der Waals surface area contributed by atoms with Gasteiger partial charge in [-0.05, 0) is 49.9 Å². The fourth-order valence-electron chi connectivity index (χ4n) is 4.81. The Morgan fingerprint density at radius 3 is 2.93 bits per heavy atom. The van der Waals surface area contributed by atoms with E-state index in [2.05, 4.69) is 23.3 Å². The third-order valence-electron chi connectivity index (χ3n) is 6.20. The van der Waals surface area contributed by atoms with Crippen LogP contribution in [0.2, 0.25) is 0 Å². The summed E-state index contributed by atoms with van der Waals surface area (Å²) in [5.74, 6) is 0.761. The van der Waals surface area contributed by atoms with E-state index < -0.39 is 6.09 Å². The Bertz CT molecular complexity index is 974. The first-order valence-electron chi connectivity index (χ1n) is 9.98. The van der Waals surface area contributed by atoms with Crippen molar-refractivity contribution in [2.45, 2.75) is 37.0 Å². The van der Waals surface area contributed by atoms with Crippen LogP contribution in [0.25, 0.3) is 0 Å². The summed E-state index contributed by atoms with van der Waals surface area (Å²) in [6.45, 7) is 1.76. The van der Waals surface area contributed by atoms with Gasteiger partial charge in [0, 0.05) is 24.2 Å². The average molecular weight is 392 g/mol. The molecule has 2 aromatic carbocycles. The van der Waals surface area contributed by atoms with E-state index in [-0.39, 0.29) is 23.4 Å². The van der Waals surface area contributed by atoms with Crippen molar-refractivity contribution in [3.8, 4) is 11.5 Å². The van der Waals surface area contributed by atoms with Gasteiger partial charge in [-0.25, -0.2) is 4.79 Å². The van der Waals surface area contributed by atoms with Crippen molar-refractivity contribution < 1.29 is 19.4 Å². The smallest absolute Gasteiger partial charge is 0.412 e. The van der Waals surface area contributed by atoms with Gasteiger partial charge >= 0.3 is 6.09 Å². The van der Waals surface area contributed by atoms with Gasteiger partial charge in [-0.3, -0.25) is 5.32 Å². The quantitative estimate of drug-likeness (QED) is 0.761. The predicted octanol–water partition coefficient (Wildman–Crippen LogP) is 3.80. The molecule has 2 N–H and O–H groups in total. The molecule has 0 radical (unpaired) electrons. The third-order valence-corrected chi connectivity index (χ3v) is 6.20. The van der Waals surface area contributed by atoms with Crippen molar-refractivity contribution in [1.29, 1.82) is 0 Å². The number of hydrogen-bond donors (Lipinski definition) is 2. The molecule has 150 valence electrons. The SMILES string of the molecule is CN1CC[C@@]23C=C[C@H](OC(=O)Nc4ccccc4)C[C@@H]2Oc2c(O)ccc(c23)C1. The number of phenols is 1. The van der Waals surface area contributed by atoms with Crippen LogP contribution in [0.4, 0.5) is 10.5 Å². The van der Waals surface area contributed by atoms with Crippen LogP contribution in [0.1, 0.15) is 24.0 Å². The van der Waals surface area contributed by atoms with Crippen molar-refractivity contribution in [2.75, 3.05) is 18.9 Å². The van der Waals surface area contributed by atoms with Gasteiger partial charge in [-0.1, -0.05) is 30.3 Å². The average Bonchev–Trinajstić information content (AvgIpc) is 2.97. The van der Waals surface area contributed by atoms with E-state index in [4.69, 9.17) is 9.47 Å². The van der Waals surface area contributed by atoms with Crippen LogP contribution in [0.15, 0.2) is 54.6 Å². The van der Waals surface area contributed by atoms with Crippen LogP contribution in [-0.2, 0) is 16.7 Å². The van der Waals surface area contributed by atoms with E-state index >= 15 is 0 Å². The number of amides is 1. The first kappa shape index (κ1) is 18.1. The van der Waals surface area contributed by atoms with Crippen molar-refractivity contribution in [3.05, 3.63) is 65.7 Å². The molecule has 0 saturated heterocycles. The molecule has 0 fully saturated rings. The molecule has 0 aromatic heterocycles. The summed E-state index contributed by atoms with van der Waals surface area (Å²) >= 11 is 0. The largest absolute Gasteiger partial charge is 0.504 e. The van der Waals surface area contributed by atoms with Gasteiger partial charge in [0.15, 0.2) is 11.5 Å². The second kappa shape index (κ2) is 6.81. The van der Waals surface area contributed by atoms with E-state index in [0.29, 0.717) is 17.9 Å². The van der Waals surface area contributed by atoms with Gasteiger partial charge in [-0.15, -0.1) is 0 Å². The van der Waals surface area contributed by atoms with Gasteiger partial charge in [0.25, 0.3) is 0 Å². The zero-order valence-corrected chi connectivity index (χ0v) is 16.3. The highest BCUT2D eigenvalue weighted by molar-refractivity contribution is 5.84. The van der Waals surface area contributed by atoms with E-state index in [1.807, 2.05) is 42.5 Å². The van der Waals surface area contributed by atoms with E-state index in [0.717, 1.165) is 25.1 Å². The second-order valence-electron chi connectivity index (χ2n) is 8.11. The lowest BCUT2D eigenvalue weighted by atomic mass is 9.69. The minimum atomic E-state index is -0.485. The molecule has 3 atom stereocenters. The third kappa shape index (κ3) is 3.04. The highest BCUT2D eigenvalue weighted by Gasteiger charge is 2.53. The lowest BCUT2D eigenvalue weighted by molar-refractivity contribution is 0.0667. The monoisotopic (exact) mass is 392 g/mol. The number of nitrogens with one attached hydrogen (secondary N) is 1. The van der Waals surface area contributed by atoms with Crippen LogP contribution in [-0.4, -0.2) is 41.9 Å². The van der Waals surface area contributed by atoms with Gasteiger partial charge in [0.1, 0.15) is 12.2 Å². The molecule has 0 saturated carbocycles. The fourth-order valence-corrected chi connectivity index (χ4v) is 4.81. The van der Waals surface area contributed by atoms with Gasteiger partial charge in [0.05, 0.1) is 5.41 Å². The molecule has 2 aromatic rings. The number of para-hydroxylation sites is 1. The molecule has 1 amide bonds. The molecule has 6 heteroatoms. The van der Waals surface area contributed by atoms with Crippen LogP contribution < -0.4 is 10.1 Å². The number of anilines is 1. The Labute approximate surface area is 169 Å². The number of carbonyl (C=O) groups is 1. The Morgan fingerprint density at radius 1 is 1.28 bits per heavy atom. The lowest BCUT2D eigenvalue weighted by Gasteiger charge is -2.36. The normalized spacial score (nSPS) is 27.3. The zero-order chi connectivity index (χ0) is 20.0. The van der Waals surface area contributed by atoms with Gasteiger partial charge in [-0.2, -0.15) is 0 Å². The Morgan fingerprint density at radius 2 is 2.10 bits per heavy atom. The molecular weight excluding hydrogens is 368 g/mol. The summed E-state index contributed by atoms with van der Waals surface area (Å²) in [6.07, 6.45) is 4.52. The molecule has 5 rings (SSSR count). The first-order chi connectivity index (χ1) is 14.0. The molecule has 6 nitrogen and oxygen atoms in total. The molecule has 1 spiro atoms. The molecule has 1 aliphatic carbocycles. The van der Waals surface area contributed by atoms with Crippen molar-refractivity contribution >= 4 is 11.8 Å². The number of benzene rings is 2. The van der Waals surface area contributed by atoms with Crippen LogP contribution in [0, 0.1) is 0 Å². The molecule has 29 heavy (non-hydrogen) atoms. The zero-order valence-electron chi connectivity index (χ0n) is 16.3. The van der Waals surface area contributed by atoms with Crippen LogP contribution in [0.3, 0.4) is 0 Å². The Kier molecular flexibility index (Phi) is 4.24. The number of hydrogen-bond acceptors (Lipinski definition) is 5. The number of aromatic hydroxyl groups is 1. The number of phenolic OH excluding ortho intramolecular Hbond substituents is 1. The molecular formula is C23H24N2O4. The lowest BCUT2D eigenvalue weighted by Crippen LogP contribution is -2.44. The number of carbonyl (C=O) groups excluding carboxylic acids is 1. The molecule has 2 aliphatic heterocycles. The van der Waals surface area contributed by atoms with E-state index in [9.17, 15) is 9.90 Å². The molecule has 3 aliphatic rings. The summed E-state index contributed by atoms with van der Waals surface area (Å²) in [7, 11) is 2.11. The van der Waals surface area contributed by atoms with Crippen molar-refractivity contribution in [3.63, 3.8) is 0 Å². The van der Waals surface area contributed by atoms with E-state index in [1.54, 1.807) is 6.07 Å². The summed E-state index contributed by atoms with van der Waals surface area (Å²) in [4.78, 5) is 14.6. The summed E-state index contributed by atoms with van der Waals surface area (Å²) in [6, 6.07) is 12.9. The first-order valence-corrected chi connectivity index (χ1v) is 9.98. The summed E-state index contributed by atoms with van der Waals surface area (Å²) < 4.78 is 11.9. The molecule has 0 unspecified atom stereocenters. The predicted molar refractivity (Wildman–Crippen MR) is 109 cm³/mol. The highest BCUT2D eigenvalue weighted by atomic mass is 16.6. The standard InChI is InChI=1S/C23H24N2O4/c1-25-12-11-23-10-9-17(28-22(27)24-16-5-3-2-4-6-16)13-19(23)29-21-18(26)8-7-15(14-25)20(21)23/h2-10,17,19,26H,11-14H2,1H3,(H,24,27)/t17-,19-,23-/m0/s1. The molecule has 2 heterocycles. The number of ether oxygens (including phenoxy) is 2. The molecule has 0 bridgehead atoms. The Hall–Kier alpha value is -2.99. The highest BCUT2D eigenvalue weighted by Crippen LogP contribution is 2.55. The number of rotatable bonds is 2. The van der Waals surface area contributed by atoms with Crippen molar-refractivity contribution in [1.82, 2.24) is 4.90 Å². The van der Waals surface area contributed by atoms with Gasteiger partial charge < -0.3 is 19.5 Å². The topological polar surface area (TPSA) is 71.0 Å². The fraction of sp³-hybridized carbons (Fsp3) is 0.348. The second-order valence-corrected chi connectivity index (χ2v) is 8.11. The maximum absolute atomic E-state index is 12.3. The maximum Gasteiger partial charge on any atom is 0.412 e. The number of nitrogens with zero attached hydrogens (tertiary/aromatic N) is 1. The van der Waals surface area contributed by atoms with E-state index in [1.165, 1.54) is 5.56 Å². The Balaban J connectivity index is 1.40.